The Bertz CT molecular complexity index is 1290. The van der Waals surface area contributed by atoms with Crippen LogP contribution in [-0.2, 0) is 0 Å². The van der Waals surface area contributed by atoms with Gasteiger partial charge in [0.1, 0.15) is 5.02 Å². The molecule has 0 saturated carbocycles. The highest BCUT2D eigenvalue weighted by Crippen LogP contribution is 2.34. The van der Waals surface area contributed by atoms with Crippen LogP contribution in [-0.4, -0.2) is 22.1 Å². The first-order valence-corrected chi connectivity index (χ1v) is 9.90. The summed E-state index contributed by atoms with van der Waals surface area (Å²) in [6, 6.07) is 17.6. The molecule has 0 fully saturated rings. The lowest BCUT2D eigenvalue weighted by atomic mass is 10.1. The quantitative estimate of drug-likeness (QED) is 0.213. The Hall–Kier alpha value is -3.06. The number of H-pyrrole nitrogens is 1. The van der Waals surface area contributed by atoms with Crippen LogP contribution >= 0.6 is 34.8 Å². The van der Waals surface area contributed by atoms with Crippen LogP contribution in [0, 0.1) is 0 Å². The molecule has 2 heterocycles. The third-order valence-electron chi connectivity index (χ3n) is 4.46. The number of pyridine rings is 1. The zero-order valence-corrected chi connectivity index (χ0v) is 17.6. The smallest absolute Gasteiger partial charge is 0.291 e. The third kappa shape index (κ3) is 3.73. The van der Waals surface area contributed by atoms with Gasteiger partial charge in [-0.15, -0.1) is 0 Å². The van der Waals surface area contributed by atoms with Crippen LogP contribution in [0.5, 0.6) is 0 Å². The van der Waals surface area contributed by atoms with E-state index in [0.717, 1.165) is 27.7 Å². The monoisotopic (exact) mass is 457 g/mol. The number of benzene rings is 2. The summed E-state index contributed by atoms with van der Waals surface area (Å²) in [6.07, 6.45) is 1.56. The second-order valence-corrected chi connectivity index (χ2v) is 7.43. The fourth-order valence-corrected chi connectivity index (χ4v) is 3.61. The van der Waals surface area contributed by atoms with E-state index in [1.54, 1.807) is 6.21 Å². The SMILES string of the molecule is Nc1c(Cl)c(Cl)nc(C(=O)N/N=C/c2c(-c3ccccc3)[nH]c3ccccc23)c1Cl. The number of carbonyl (C=O) groups excluding carboxylic acids is 1. The van der Waals surface area contributed by atoms with E-state index < -0.39 is 5.91 Å². The van der Waals surface area contributed by atoms with Crippen molar-refractivity contribution in [3.8, 4) is 11.3 Å². The molecule has 4 N–H and O–H groups in total. The number of nitrogens with zero attached hydrogens (tertiary/aromatic N) is 2. The largest absolute Gasteiger partial charge is 0.396 e. The number of nitrogens with two attached hydrogens (primary N) is 1. The number of anilines is 1. The van der Waals surface area contributed by atoms with Gasteiger partial charge >= 0.3 is 0 Å². The summed E-state index contributed by atoms with van der Waals surface area (Å²) in [5.41, 5.74) is 11.6. The van der Waals surface area contributed by atoms with Gasteiger partial charge in [0.15, 0.2) is 10.8 Å². The molecule has 4 aromatic rings. The predicted octanol–water partition coefficient (Wildman–Crippen LogP) is 5.54. The van der Waals surface area contributed by atoms with E-state index in [-0.39, 0.29) is 26.6 Å². The number of hydrogen-bond acceptors (Lipinski definition) is 4. The molecule has 2 aromatic heterocycles. The molecule has 0 spiro atoms. The van der Waals surface area contributed by atoms with Gasteiger partial charge < -0.3 is 10.7 Å². The van der Waals surface area contributed by atoms with Crippen molar-refractivity contribution in [3.63, 3.8) is 0 Å². The number of hydrogen-bond donors (Lipinski definition) is 3. The highest BCUT2D eigenvalue weighted by atomic mass is 35.5. The Morgan fingerprint density at radius 1 is 1.03 bits per heavy atom. The minimum atomic E-state index is -0.664. The van der Waals surface area contributed by atoms with E-state index in [1.807, 2.05) is 54.6 Å². The predicted molar refractivity (Wildman–Crippen MR) is 122 cm³/mol. The molecule has 0 aliphatic heterocycles. The molecule has 4 rings (SSSR count). The summed E-state index contributed by atoms with van der Waals surface area (Å²) in [5.74, 6) is -0.664. The summed E-state index contributed by atoms with van der Waals surface area (Å²) < 4.78 is 0. The van der Waals surface area contributed by atoms with Gasteiger partial charge in [-0.25, -0.2) is 10.4 Å². The van der Waals surface area contributed by atoms with Crippen LogP contribution in [0.2, 0.25) is 15.2 Å². The van der Waals surface area contributed by atoms with Gasteiger partial charge in [0.2, 0.25) is 0 Å². The Morgan fingerprint density at radius 3 is 2.50 bits per heavy atom. The third-order valence-corrected chi connectivity index (χ3v) is 5.59. The van der Waals surface area contributed by atoms with Crippen LogP contribution in [0.1, 0.15) is 16.1 Å². The molecule has 0 unspecified atom stereocenters. The summed E-state index contributed by atoms with van der Waals surface area (Å²) in [4.78, 5) is 19.8. The molecule has 0 radical (unpaired) electrons. The van der Waals surface area contributed by atoms with Gasteiger partial charge in [-0.3, -0.25) is 4.79 Å². The van der Waals surface area contributed by atoms with Gasteiger partial charge in [-0.2, -0.15) is 5.10 Å². The number of hydrazone groups is 1. The molecule has 1 amide bonds. The molecule has 0 aliphatic carbocycles. The molecule has 0 aliphatic rings. The van der Waals surface area contributed by atoms with Crippen molar-refractivity contribution < 1.29 is 4.79 Å². The summed E-state index contributed by atoms with van der Waals surface area (Å²) >= 11 is 17.9. The lowest BCUT2D eigenvalue weighted by Crippen LogP contribution is -2.20. The zero-order chi connectivity index (χ0) is 21.3. The van der Waals surface area contributed by atoms with Gasteiger partial charge in [0.25, 0.3) is 5.91 Å². The molecule has 0 atom stereocenters. The van der Waals surface area contributed by atoms with Crippen LogP contribution in [0.25, 0.3) is 22.2 Å². The van der Waals surface area contributed by atoms with Crippen molar-refractivity contribution in [2.45, 2.75) is 0 Å². The first-order chi connectivity index (χ1) is 14.5. The number of para-hydroxylation sites is 1. The molecule has 30 heavy (non-hydrogen) atoms. The van der Waals surface area contributed by atoms with Crippen molar-refractivity contribution in [3.05, 3.63) is 81.1 Å². The minimum Gasteiger partial charge on any atom is -0.396 e. The molecule has 150 valence electrons. The average Bonchev–Trinajstić information content (AvgIpc) is 3.14. The second-order valence-electron chi connectivity index (χ2n) is 6.32. The Morgan fingerprint density at radius 2 is 1.73 bits per heavy atom. The van der Waals surface area contributed by atoms with Gasteiger partial charge in [-0.1, -0.05) is 83.3 Å². The number of fused-ring (bicyclic) bond motifs is 1. The van der Waals surface area contributed by atoms with Crippen LogP contribution in [0.15, 0.2) is 59.7 Å². The van der Waals surface area contributed by atoms with Crippen molar-refractivity contribution >= 4 is 63.5 Å². The molecular formula is C21H14Cl3N5O. The number of amides is 1. The maximum atomic E-state index is 12.5. The first kappa shape index (κ1) is 20.2. The van der Waals surface area contributed by atoms with Gasteiger partial charge in [0, 0.05) is 16.5 Å². The van der Waals surface area contributed by atoms with E-state index >= 15 is 0 Å². The number of carbonyl (C=O) groups is 1. The van der Waals surface area contributed by atoms with Gasteiger partial charge in [-0.05, 0) is 11.6 Å². The number of aromatic amines is 1. The lowest BCUT2D eigenvalue weighted by Gasteiger charge is -2.07. The highest BCUT2D eigenvalue weighted by molar-refractivity contribution is 6.46. The van der Waals surface area contributed by atoms with Crippen molar-refractivity contribution in [1.29, 1.82) is 0 Å². The molecule has 6 nitrogen and oxygen atoms in total. The second kappa shape index (κ2) is 8.36. The van der Waals surface area contributed by atoms with Crippen LogP contribution in [0.4, 0.5) is 5.69 Å². The van der Waals surface area contributed by atoms with E-state index in [9.17, 15) is 4.79 Å². The number of aromatic nitrogens is 2. The van der Waals surface area contributed by atoms with E-state index in [4.69, 9.17) is 40.5 Å². The van der Waals surface area contributed by atoms with Crippen molar-refractivity contribution in [2.24, 2.45) is 5.10 Å². The lowest BCUT2D eigenvalue weighted by molar-refractivity contribution is 0.0950. The Labute approximate surface area is 186 Å². The summed E-state index contributed by atoms with van der Waals surface area (Å²) in [7, 11) is 0. The fraction of sp³-hybridized carbons (Fsp3) is 0. The number of halogens is 3. The molecule has 0 saturated heterocycles. The fourth-order valence-electron chi connectivity index (χ4n) is 3.02. The molecule has 9 heteroatoms. The Balaban J connectivity index is 1.68. The van der Waals surface area contributed by atoms with Crippen molar-refractivity contribution in [1.82, 2.24) is 15.4 Å². The molecular weight excluding hydrogens is 445 g/mol. The van der Waals surface area contributed by atoms with E-state index in [1.165, 1.54) is 0 Å². The molecule has 2 aromatic carbocycles. The van der Waals surface area contributed by atoms with E-state index in [0.29, 0.717) is 0 Å². The maximum Gasteiger partial charge on any atom is 0.291 e. The highest BCUT2D eigenvalue weighted by Gasteiger charge is 2.19. The first-order valence-electron chi connectivity index (χ1n) is 8.77. The minimum absolute atomic E-state index is 0.00647. The molecule has 0 bridgehead atoms. The summed E-state index contributed by atoms with van der Waals surface area (Å²) in [5, 5.41) is 4.84. The average molecular weight is 459 g/mol. The maximum absolute atomic E-state index is 12.5. The van der Waals surface area contributed by atoms with Gasteiger partial charge in [0.05, 0.1) is 22.6 Å². The van der Waals surface area contributed by atoms with Crippen LogP contribution < -0.4 is 11.2 Å². The topological polar surface area (TPSA) is 96.2 Å². The summed E-state index contributed by atoms with van der Waals surface area (Å²) in [6.45, 7) is 0. The van der Waals surface area contributed by atoms with E-state index in [2.05, 4.69) is 20.5 Å². The van der Waals surface area contributed by atoms with Crippen LogP contribution in [0.3, 0.4) is 0 Å². The standard InChI is InChI=1S/C21H14Cl3N5O/c22-15-17(25)16(23)20(24)28-19(15)21(30)29-26-10-13-12-8-4-5-9-14(12)27-18(13)11-6-2-1-3-7-11/h1-10,27H,(H2,25,28)(H,29,30)/b26-10+. The van der Waals surface area contributed by atoms with Crippen molar-refractivity contribution in [2.75, 3.05) is 5.73 Å². The number of nitrogen functional groups attached to an aromatic ring is 1. The number of nitrogens with one attached hydrogen (secondary N) is 2. The normalized spacial score (nSPS) is 11.3. The number of rotatable bonds is 4. The Kier molecular flexibility index (Phi) is 5.63. The zero-order valence-electron chi connectivity index (χ0n) is 15.3.